The van der Waals surface area contributed by atoms with Crippen LogP contribution >= 0.6 is 11.6 Å². The molecule has 0 saturated heterocycles. The topological polar surface area (TPSA) is 79.3 Å². The highest BCUT2D eigenvalue weighted by molar-refractivity contribution is 6.29. The number of carbonyl (C=O) groups excluding carboxylic acids is 1. The lowest BCUT2D eigenvalue weighted by Gasteiger charge is -2.07. The van der Waals surface area contributed by atoms with Gasteiger partial charge in [-0.25, -0.2) is 9.78 Å². The van der Waals surface area contributed by atoms with E-state index < -0.39 is 23.9 Å². The van der Waals surface area contributed by atoms with Gasteiger partial charge in [0, 0.05) is 0 Å². The number of aromatic carboxylic acids is 1. The molecule has 1 rings (SSSR count). The standard InChI is InChI=1S/C8H4ClF3N2O3/c9-4-1-3(6(15)16)2-5(13-4)14-7(17)8(10,11)12/h1-2H,(H,15,16)(H,13,14,17). The van der Waals surface area contributed by atoms with Gasteiger partial charge in [-0.15, -0.1) is 0 Å². The maximum absolute atomic E-state index is 11.9. The number of carboxylic acids is 1. The van der Waals surface area contributed by atoms with Gasteiger partial charge in [0.25, 0.3) is 0 Å². The van der Waals surface area contributed by atoms with Gasteiger partial charge >= 0.3 is 18.1 Å². The lowest BCUT2D eigenvalue weighted by molar-refractivity contribution is -0.167. The van der Waals surface area contributed by atoms with Gasteiger partial charge in [-0.05, 0) is 12.1 Å². The summed E-state index contributed by atoms with van der Waals surface area (Å²) in [5, 5.41) is 9.66. The highest BCUT2D eigenvalue weighted by Crippen LogP contribution is 2.19. The van der Waals surface area contributed by atoms with E-state index in [-0.39, 0.29) is 10.7 Å². The number of aromatic nitrogens is 1. The van der Waals surface area contributed by atoms with E-state index >= 15 is 0 Å². The van der Waals surface area contributed by atoms with Crippen LogP contribution in [0.5, 0.6) is 0 Å². The lowest BCUT2D eigenvalue weighted by atomic mass is 10.2. The molecule has 1 aromatic rings. The van der Waals surface area contributed by atoms with Crippen molar-refractivity contribution < 1.29 is 27.9 Å². The SMILES string of the molecule is O=C(O)c1cc(Cl)nc(NC(=O)C(F)(F)F)c1. The maximum Gasteiger partial charge on any atom is 0.471 e. The first-order chi connectivity index (χ1) is 7.70. The zero-order chi connectivity index (χ0) is 13.2. The Balaban J connectivity index is 3.00. The Morgan fingerprint density at radius 3 is 2.41 bits per heavy atom. The first-order valence-corrected chi connectivity index (χ1v) is 4.37. The molecule has 0 bridgehead atoms. The summed E-state index contributed by atoms with van der Waals surface area (Å²) in [6.07, 6.45) is -5.09. The maximum atomic E-state index is 11.9. The summed E-state index contributed by atoms with van der Waals surface area (Å²) in [5.41, 5.74) is -0.387. The second kappa shape index (κ2) is 4.58. The summed E-state index contributed by atoms with van der Waals surface area (Å²) >= 11 is 5.38. The first-order valence-electron chi connectivity index (χ1n) is 3.99. The molecule has 5 nitrogen and oxygen atoms in total. The van der Waals surface area contributed by atoms with Crippen molar-refractivity contribution in [1.29, 1.82) is 0 Å². The van der Waals surface area contributed by atoms with Crippen LogP contribution in [0.25, 0.3) is 0 Å². The number of nitrogens with one attached hydrogen (secondary N) is 1. The second-order valence-corrected chi connectivity index (χ2v) is 3.21. The number of pyridine rings is 1. The molecule has 9 heteroatoms. The summed E-state index contributed by atoms with van der Waals surface area (Å²) in [4.78, 5) is 24.5. The van der Waals surface area contributed by atoms with Gasteiger partial charge in [0.1, 0.15) is 11.0 Å². The molecule has 0 radical (unpaired) electrons. The average Bonchev–Trinajstić information content (AvgIpc) is 2.14. The molecule has 0 unspecified atom stereocenters. The Bertz CT molecular complexity index is 476. The molecule has 1 aromatic heterocycles. The quantitative estimate of drug-likeness (QED) is 0.803. The van der Waals surface area contributed by atoms with Crippen molar-refractivity contribution in [1.82, 2.24) is 4.98 Å². The number of hydrogen-bond donors (Lipinski definition) is 2. The van der Waals surface area contributed by atoms with E-state index in [0.717, 1.165) is 12.1 Å². The Hall–Kier alpha value is -1.83. The summed E-state index contributed by atoms with van der Waals surface area (Å²) in [6, 6.07) is 1.70. The van der Waals surface area contributed by atoms with Crippen molar-refractivity contribution in [3.8, 4) is 0 Å². The Morgan fingerprint density at radius 2 is 1.94 bits per heavy atom. The minimum Gasteiger partial charge on any atom is -0.478 e. The van der Waals surface area contributed by atoms with Crippen LogP contribution in [0.15, 0.2) is 12.1 Å². The van der Waals surface area contributed by atoms with Crippen molar-refractivity contribution >= 4 is 29.3 Å². The number of rotatable bonds is 2. The molecule has 0 spiro atoms. The molecule has 2 N–H and O–H groups in total. The highest BCUT2D eigenvalue weighted by Gasteiger charge is 2.39. The van der Waals surface area contributed by atoms with Crippen molar-refractivity contribution in [3.05, 3.63) is 22.8 Å². The van der Waals surface area contributed by atoms with Crippen LogP contribution in [0.3, 0.4) is 0 Å². The first kappa shape index (κ1) is 13.2. The molecule has 0 aliphatic heterocycles. The molecule has 1 amide bonds. The van der Waals surface area contributed by atoms with Gasteiger partial charge in [0.05, 0.1) is 5.56 Å². The van der Waals surface area contributed by atoms with Gasteiger partial charge in [0.15, 0.2) is 0 Å². The second-order valence-electron chi connectivity index (χ2n) is 2.82. The highest BCUT2D eigenvalue weighted by atomic mass is 35.5. The molecule has 0 fully saturated rings. The van der Waals surface area contributed by atoms with Gasteiger partial charge in [-0.2, -0.15) is 13.2 Å². The van der Waals surface area contributed by atoms with Crippen molar-refractivity contribution in [2.75, 3.05) is 5.32 Å². The molecule has 0 aromatic carbocycles. The summed E-state index contributed by atoms with van der Waals surface area (Å²) in [7, 11) is 0. The lowest BCUT2D eigenvalue weighted by Crippen LogP contribution is -2.30. The van der Waals surface area contributed by atoms with Crippen LogP contribution in [0.2, 0.25) is 5.15 Å². The van der Waals surface area contributed by atoms with E-state index in [0.29, 0.717) is 0 Å². The van der Waals surface area contributed by atoms with E-state index in [1.54, 1.807) is 0 Å². The fraction of sp³-hybridized carbons (Fsp3) is 0.125. The smallest absolute Gasteiger partial charge is 0.471 e. The molecule has 1 heterocycles. The fourth-order valence-electron chi connectivity index (χ4n) is 0.872. The van der Waals surface area contributed by atoms with Crippen LogP contribution in [0, 0.1) is 0 Å². The summed E-state index contributed by atoms with van der Waals surface area (Å²) in [5.74, 6) is -4.25. The molecule has 0 atom stereocenters. The van der Waals surface area contributed by atoms with Gasteiger partial charge < -0.3 is 10.4 Å². The van der Waals surface area contributed by atoms with Crippen molar-refractivity contribution in [2.45, 2.75) is 6.18 Å². The van der Waals surface area contributed by atoms with E-state index in [2.05, 4.69) is 4.98 Å². The molecule has 0 aliphatic rings. The summed E-state index contributed by atoms with van der Waals surface area (Å²) in [6.45, 7) is 0. The molecule has 0 aliphatic carbocycles. The van der Waals surface area contributed by atoms with E-state index in [1.807, 2.05) is 0 Å². The van der Waals surface area contributed by atoms with Crippen LogP contribution in [0.4, 0.5) is 19.0 Å². The van der Waals surface area contributed by atoms with Crippen molar-refractivity contribution in [3.63, 3.8) is 0 Å². The van der Waals surface area contributed by atoms with Crippen LogP contribution in [-0.4, -0.2) is 28.1 Å². The predicted octanol–water partition coefficient (Wildman–Crippen LogP) is 1.93. The van der Waals surface area contributed by atoms with Crippen LogP contribution < -0.4 is 5.32 Å². The van der Waals surface area contributed by atoms with E-state index in [9.17, 15) is 22.8 Å². The zero-order valence-corrected chi connectivity index (χ0v) is 8.63. The number of anilines is 1. The van der Waals surface area contributed by atoms with Gasteiger partial charge in [-0.1, -0.05) is 11.6 Å². The van der Waals surface area contributed by atoms with Crippen LogP contribution in [0.1, 0.15) is 10.4 Å². The summed E-state index contributed by atoms with van der Waals surface area (Å²) < 4.78 is 35.7. The molecule has 0 saturated carbocycles. The third kappa shape index (κ3) is 3.59. The number of hydrogen-bond acceptors (Lipinski definition) is 3. The molecular formula is C8H4ClF3N2O3. The zero-order valence-electron chi connectivity index (χ0n) is 7.88. The normalized spacial score (nSPS) is 11.1. The fourth-order valence-corrected chi connectivity index (χ4v) is 1.08. The number of carbonyl (C=O) groups is 2. The minimum atomic E-state index is -5.09. The third-order valence-corrected chi connectivity index (χ3v) is 1.73. The molecule has 17 heavy (non-hydrogen) atoms. The monoisotopic (exact) mass is 268 g/mol. The number of halogens is 4. The Kier molecular flexibility index (Phi) is 3.56. The number of alkyl halides is 3. The number of nitrogens with zero attached hydrogens (tertiary/aromatic N) is 1. The predicted molar refractivity (Wildman–Crippen MR) is 50.9 cm³/mol. The van der Waals surface area contributed by atoms with Crippen LogP contribution in [-0.2, 0) is 4.79 Å². The van der Waals surface area contributed by atoms with Crippen molar-refractivity contribution in [2.24, 2.45) is 0 Å². The van der Waals surface area contributed by atoms with E-state index in [4.69, 9.17) is 16.7 Å². The number of carboxylic acid groups (broad SMARTS) is 1. The van der Waals surface area contributed by atoms with Gasteiger partial charge in [-0.3, -0.25) is 4.79 Å². The average molecular weight is 269 g/mol. The largest absolute Gasteiger partial charge is 0.478 e. The minimum absolute atomic E-state index is 0.345. The molecular weight excluding hydrogens is 265 g/mol. The number of amides is 1. The molecule has 92 valence electrons. The van der Waals surface area contributed by atoms with E-state index in [1.165, 1.54) is 5.32 Å². The Labute approximate surface area is 97.2 Å². The van der Waals surface area contributed by atoms with Gasteiger partial charge in [0.2, 0.25) is 0 Å². The Morgan fingerprint density at radius 1 is 1.35 bits per heavy atom. The third-order valence-electron chi connectivity index (χ3n) is 1.54.